The minimum absolute atomic E-state index is 0.00745. The van der Waals surface area contributed by atoms with Gasteiger partial charge in [0.15, 0.2) is 21.2 Å². The molecule has 174 valence electrons. The van der Waals surface area contributed by atoms with E-state index < -0.39 is 33.1 Å². The van der Waals surface area contributed by atoms with E-state index in [4.69, 9.17) is 16.3 Å². The summed E-state index contributed by atoms with van der Waals surface area (Å²) >= 11 is 5.87. The summed E-state index contributed by atoms with van der Waals surface area (Å²) in [7, 11) is -3.98. The van der Waals surface area contributed by atoms with Gasteiger partial charge in [-0.15, -0.1) is 0 Å². The van der Waals surface area contributed by atoms with Gasteiger partial charge in [0.2, 0.25) is 0 Å². The lowest BCUT2D eigenvalue weighted by atomic mass is 10.0. The summed E-state index contributed by atoms with van der Waals surface area (Å²) in [6.07, 6.45) is 1.86. The number of benzene rings is 3. The molecule has 0 spiro atoms. The summed E-state index contributed by atoms with van der Waals surface area (Å²) in [6, 6.07) is 20.9. The first-order valence-electron chi connectivity index (χ1n) is 11.0. The molecule has 1 aliphatic carbocycles. The summed E-state index contributed by atoms with van der Waals surface area (Å²) in [6.45, 7) is -0.556. The van der Waals surface area contributed by atoms with Gasteiger partial charge in [0, 0.05) is 5.02 Å². The molecule has 34 heavy (non-hydrogen) atoms. The SMILES string of the molecule is O=C(COC(=O)C1(S(=O)(=O)c2ccc(Cl)cc2)CC1)N1c2ccccc2CCc2ccccc21. The highest BCUT2D eigenvalue weighted by Crippen LogP contribution is 2.48. The Morgan fingerprint density at radius 3 is 1.91 bits per heavy atom. The van der Waals surface area contributed by atoms with Gasteiger partial charge in [-0.3, -0.25) is 14.5 Å². The quantitative estimate of drug-likeness (QED) is 0.481. The van der Waals surface area contributed by atoms with Crippen LogP contribution in [-0.4, -0.2) is 31.6 Å². The summed E-state index contributed by atoms with van der Waals surface area (Å²) in [5.41, 5.74) is 3.51. The number of amides is 1. The Bertz CT molecular complexity index is 1330. The number of ether oxygens (including phenoxy) is 1. The Hall–Kier alpha value is -3.16. The van der Waals surface area contributed by atoms with Crippen LogP contribution in [0.1, 0.15) is 24.0 Å². The highest BCUT2D eigenvalue weighted by molar-refractivity contribution is 7.94. The third-order valence-corrected chi connectivity index (χ3v) is 9.17. The van der Waals surface area contributed by atoms with Crippen LogP contribution in [0.4, 0.5) is 11.4 Å². The topological polar surface area (TPSA) is 80.8 Å². The van der Waals surface area contributed by atoms with E-state index in [-0.39, 0.29) is 17.7 Å². The molecular weight excluding hydrogens is 474 g/mol. The highest BCUT2D eigenvalue weighted by Gasteiger charge is 2.62. The molecule has 3 aromatic rings. The molecule has 0 aromatic heterocycles. The van der Waals surface area contributed by atoms with Crippen molar-refractivity contribution in [3.63, 3.8) is 0 Å². The number of rotatable bonds is 5. The van der Waals surface area contributed by atoms with Crippen LogP contribution in [0.25, 0.3) is 0 Å². The second kappa shape index (κ2) is 8.56. The number of nitrogens with zero attached hydrogens (tertiary/aromatic N) is 1. The first kappa shape index (κ1) is 22.6. The Balaban J connectivity index is 1.39. The van der Waals surface area contributed by atoms with Crippen LogP contribution < -0.4 is 4.90 Å². The number of sulfone groups is 1. The van der Waals surface area contributed by atoms with E-state index in [1.54, 1.807) is 4.90 Å². The summed E-state index contributed by atoms with van der Waals surface area (Å²) in [4.78, 5) is 27.9. The first-order valence-corrected chi connectivity index (χ1v) is 12.9. The maximum absolute atomic E-state index is 13.4. The van der Waals surface area contributed by atoms with Crippen molar-refractivity contribution in [3.8, 4) is 0 Å². The summed E-state index contributed by atoms with van der Waals surface area (Å²) in [5, 5.41) is 0.398. The number of hydrogen-bond donors (Lipinski definition) is 0. The monoisotopic (exact) mass is 495 g/mol. The fraction of sp³-hybridized carbons (Fsp3) is 0.231. The molecule has 0 saturated heterocycles. The highest BCUT2D eigenvalue weighted by atomic mass is 35.5. The van der Waals surface area contributed by atoms with Gasteiger partial charge in [0.05, 0.1) is 16.3 Å². The van der Waals surface area contributed by atoms with E-state index in [2.05, 4.69) is 0 Å². The zero-order valence-corrected chi connectivity index (χ0v) is 19.8. The predicted octanol–water partition coefficient (Wildman–Crippen LogP) is 4.65. The summed E-state index contributed by atoms with van der Waals surface area (Å²) in [5.74, 6) is -1.33. The number of halogens is 1. The van der Waals surface area contributed by atoms with Crippen molar-refractivity contribution < 1.29 is 22.7 Å². The number of aryl methyl sites for hydroxylation is 2. The Morgan fingerprint density at radius 1 is 0.853 bits per heavy atom. The van der Waals surface area contributed by atoms with Crippen molar-refractivity contribution in [1.29, 1.82) is 0 Å². The summed E-state index contributed by atoms with van der Waals surface area (Å²) < 4.78 is 30.0. The van der Waals surface area contributed by atoms with Gasteiger partial charge in [0.25, 0.3) is 5.91 Å². The van der Waals surface area contributed by atoms with Crippen molar-refractivity contribution >= 4 is 44.7 Å². The number of hydrogen-bond acceptors (Lipinski definition) is 5. The van der Waals surface area contributed by atoms with Crippen LogP contribution >= 0.6 is 11.6 Å². The Labute approximate surface area is 203 Å². The molecule has 0 unspecified atom stereocenters. The molecule has 1 fully saturated rings. The molecule has 2 aliphatic rings. The van der Waals surface area contributed by atoms with Gasteiger partial charge in [-0.05, 0) is 73.2 Å². The van der Waals surface area contributed by atoms with Crippen molar-refractivity contribution in [2.24, 2.45) is 0 Å². The second-order valence-electron chi connectivity index (χ2n) is 8.51. The molecule has 8 heteroatoms. The average molecular weight is 496 g/mol. The van der Waals surface area contributed by atoms with Gasteiger partial charge in [-0.1, -0.05) is 48.0 Å². The van der Waals surface area contributed by atoms with Crippen LogP contribution in [0.2, 0.25) is 5.02 Å². The van der Waals surface area contributed by atoms with E-state index in [0.717, 1.165) is 35.3 Å². The van der Waals surface area contributed by atoms with Crippen molar-refractivity contribution in [3.05, 3.63) is 88.9 Å². The second-order valence-corrected chi connectivity index (χ2v) is 11.2. The third-order valence-electron chi connectivity index (χ3n) is 6.42. The van der Waals surface area contributed by atoms with Gasteiger partial charge in [-0.2, -0.15) is 0 Å². The lowest BCUT2D eigenvalue weighted by Gasteiger charge is -2.25. The van der Waals surface area contributed by atoms with Crippen LogP contribution in [0.15, 0.2) is 77.7 Å². The molecule has 1 amide bonds. The predicted molar refractivity (Wildman–Crippen MR) is 129 cm³/mol. The standard InChI is InChI=1S/C26H22ClNO5S/c27-20-11-13-21(14-12-20)34(31,32)26(15-16-26)25(30)33-17-24(29)28-22-7-3-1-5-18(22)9-10-19-6-2-4-8-23(19)28/h1-8,11-14H,9-10,15-17H2. The molecule has 0 atom stereocenters. The number of fused-ring (bicyclic) bond motifs is 2. The molecule has 1 heterocycles. The van der Waals surface area contributed by atoms with Crippen LogP contribution in [0.5, 0.6) is 0 Å². The van der Waals surface area contributed by atoms with E-state index in [9.17, 15) is 18.0 Å². The van der Waals surface area contributed by atoms with Crippen LogP contribution in [0, 0.1) is 0 Å². The molecule has 0 N–H and O–H groups in total. The molecule has 1 aliphatic heterocycles. The molecule has 0 radical (unpaired) electrons. The first-order chi connectivity index (χ1) is 16.3. The van der Waals surface area contributed by atoms with E-state index in [1.807, 2.05) is 48.5 Å². The van der Waals surface area contributed by atoms with Crippen LogP contribution in [-0.2, 0) is 37.0 Å². The lowest BCUT2D eigenvalue weighted by Crippen LogP contribution is -2.38. The van der Waals surface area contributed by atoms with Crippen molar-refractivity contribution in [2.75, 3.05) is 11.5 Å². The zero-order chi connectivity index (χ0) is 23.9. The fourth-order valence-corrected chi connectivity index (χ4v) is 6.40. The minimum Gasteiger partial charge on any atom is -0.454 e. The van der Waals surface area contributed by atoms with E-state index in [0.29, 0.717) is 5.02 Å². The third kappa shape index (κ3) is 3.79. The number of para-hydroxylation sites is 2. The number of anilines is 2. The maximum atomic E-state index is 13.4. The van der Waals surface area contributed by atoms with Gasteiger partial charge in [-0.25, -0.2) is 8.42 Å². The lowest BCUT2D eigenvalue weighted by molar-refractivity contribution is -0.148. The van der Waals surface area contributed by atoms with Crippen molar-refractivity contribution in [2.45, 2.75) is 35.3 Å². The van der Waals surface area contributed by atoms with Crippen LogP contribution in [0.3, 0.4) is 0 Å². The number of esters is 1. The van der Waals surface area contributed by atoms with E-state index >= 15 is 0 Å². The van der Waals surface area contributed by atoms with E-state index in [1.165, 1.54) is 24.3 Å². The normalized spacial score (nSPS) is 16.1. The molecular formula is C26H22ClNO5S. The minimum atomic E-state index is -3.98. The number of carbonyl (C=O) groups excluding carboxylic acids is 2. The maximum Gasteiger partial charge on any atom is 0.328 e. The molecule has 0 bridgehead atoms. The smallest absolute Gasteiger partial charge is 0.328 e. The largest absolute Gasteiger partial charge is 0.454 e. The fourth-order valence-electron chi connectivity index (χ4n) is 4.41. The van der Waals surface area contributed by atoms with Crippen molar-refractivity contribution in [1.82, 2.24) is 0 Å². The average Bonchev–Trinajstić information content (AvgIpc) is 3.67. The number of carbonyl (C=O) groups is 2. The Kier molecular flexibility index (Phi) is 5.70. The van der Waals surface area contributed by atoms with Gasteiger partial charge < -0.3 is 4.74 Å². The molecule has 6 nitrogen and oxygen atoms in total. The molecule has 3 aromatic carbocycles. The Morgan fingerprint density at radius 2 is 1.38 bits per heavy atom. The zero-order valence-electron chi connectivity index (χ0n) is 18.2. The van der Waals surface area contributed by atoms with Gasteiger partial charge in [0.1, 0.15) is 0 Å². The molecule has 1 saturated carbocycles. The van der Waals surface area contributed by atoms with Gasteiger partial charge >= 0.3 is 5.97 Å². The molecule has 5 rings (SSSR count).